The SMILES string of the molecule is COc1cc(C=Nn2c(C)nc3ccccc3c2=O)ccc1OCc1cccs1. The van der Waals surface area contributed by atoms with Gasteiger partial charge in [0.25, 0.3) is 5.56 Å². The van der Waals surface area contributed by atoms with E-state index in [4.69, 9.17) is 9.47 Å². The predicted octanol–water partition coefficient (Wildman–Crippen LogP) is 4.24. The molecule has 0 N–H and O–H groups in total. The number of rotatable bonds is 6. The number of ether oxygens (including phenoxy) is 2. The van der Waals surface area contributed by atoms with Crippen molar-refractivity contribution in [3.8, 4) is 11.5 Å². The van der Waals surface area contributed by atoms with E-state index < -0.39 is 0 Å². The van der Waals surface area contributed by atoms with Crippen LogP contribution in [0.1, 0.15) is 16.3 Å². The second-order valence-electron chi connectivity index (χ2n) is 6.32. The minimum atomic E-state index is -0.202. The van der Waals surface area contributed by atoms with Crippen LogP contribution in [0, 0.1) is 6.92 Å². The van der Waals surface area contributed by atoms with E-state index in [-0.39, 0.29) is 5.56 Å². The molecule has 0 saturated heterocycles. The maximum atomic E-state index is 12.7. The third-order valence-electron chi connectivity index (χ3n) is 4.38. The second-order valence-corrected chi connectivity index (χ2v) is 7.35. The van der Waals surface area contributed by atoms with Crippen molar-refractivity contribution in [2.45, 2.75) is 13.5 Å². The molecule has 0 radical (unpaired) electrons. The van der Waals surface area contributed by atoms with Crippen molar-refractivity contribution in [3.05, 3.63) is 86.6 Å². The lowest BCUT2D eigenvalue weighted by atomic mass is 10.2. The summed E-state index contributed by atoms with van der Waals surface area (Å²) in [5.41, 5.74) is 1.24. The highest BCUT2D eigenvalue weighted by Crippen LogP contribution is 2.28. The number of para-hydroxylation sites is 1. The van der Waals surface area contributed by atoms with E-state index in [0.717, 1.165) is 10.4 Å². The molecular weight excluding hydrogens is 386 g/mol. The van der Waals surface area contributed by atoms with E-state index in [1.807, 2.05) is 53.9 Å². The Hall–Kier alpha value is -3.45. The number of hydrogen-bond donors (Lipinski definition) is 0. The Morgan fingerprint density at radius 2 is 2.00 bits per heavy atom. The number of thiophene rings is 1. The first-order valence-corrected chi connectivity index (χ1v) is 9.89. The van der Waals surface area contributed by atoms with E-state index in [9.17, 15) is 4.79 Å². The highest BCUT2D eigenvalue weighted by molar-refractivity contribution is 7.09. The van der Waals surface area contributed by atoms with Gasteiger partial charge in [0.15, 0.2) is 11.5 Å². The number of nitrogens with zero attached hydrogens (tertiary/aromatic N) is 3. The maximum Gasteiger partial charge on any atom is 0.282 e. The quantitative estimate of drug-likeness (QED) is 0.450. The van der Waals surface area contributed by atoms with Crippen LogP contribution in [0.3, 0.4) is 0 Å². The van der Waals surface area contributed by atoms with Gasteiger partial charge in [0.2, 0.25) is 0 Å². The van der Waals surface area contributed by atoms with Crippen LogP contribution < -0.4 is 15.0 Å². The average molecular weight is 405 g/mol. The molecule has 4 rings (SSSR count). The molecule has 0 fully saturated rings. The Labute approximate surface area is 171 Å². The summed E-state index contributed by atoms with van der Waals surface area (Å²) in [6.07, 6.45) is 1.61. The minimum absolute atomic E-state index is 0.202. The van der Waals surface area contributed by atoms with E-state index in [1.54, 1.807) is 37.7 Å². The van der Waals surface area contributed by atoms with Gasteiger partial charge in [0.05, 0.1) is 24.2 Å². The van der Waals surface area contributed by atoms with Crippen molar-refractivity contribution >= 4 is 28.5 Å². The van der Waals surface area contributed by atoms with Gasteiger partial charge in [-0.1, -0.05) is 18.2 Å². The van der Waals surface area contributed by atoms with Crippen molar-refractivity contribution < 1.29 is 9.47 Å². The molecule has 0 unspecified atom stereocenters. The molecule has 0 aliphatic heterocycles. The highest BCUT2D eigenvalue weighted by Gasteiger charge is 2.08. The van der Waals surface area contributed by atoms with Crippen LogP contribution in [0.4, 0.5) is 0 Å². The monoisotopic (exact) mass is 405 g/mol. The summed E-state index contributed by atoms with van der Waals surface area (Å²) in [6, 6.07) is 16.8. The standard InChI is InChI=1S/C22H19N3O3S/c1-15-24-19-8-4-3-7-18(19)22(26)25(15)23-13-16-9-10-20(21(12-16)27-2)28-14-17-6-5-11-29-17/h3-13H,14H2,1-2H3. The second kappa shape index (κ2) is 8.28. The molecule has 0 atom stereocenters. The van der Waals surface area contributed by atoms with Crippen LogP contribution in [0.2, 0.25) is 0 Å². The van der Waals surface area contributed by atoms with Crippen LogP contribution in [0.25, 0.3) is 10.9 Å². The molecular formula is C22H19N3O3S. The fraction of sp³-hybridized carbons (Fsp3) is 0.136. The molecule has 6 nitrogen and oxygen atoms in total. The van der Waals surface area contributed by atoms with Crippen LogP contribution >= 0.6 is 11.3 Å². The van der Waals surface area contributed by atoms with Gasteiger partial charge < -0.3 is 9.47 Å². The predicted molar refractivity (Wildman–Crippen MR) is 115 cm³/mol. The number of methoxy groups -OCH3 is 1. The molecule has 0 spiro atoms. The summed E-state index contributed by atoms with van der Waals surface area (Å²) in [7, 11) is 1.59. The summed E-state index contributed by atoms with van der Waals surface area (Å²) in [5, 5.41) is 6.89. The number of hydrogen-bond acceptors (Lipinski definition) is 6. The highest BCUT2D eigenvalue weighted by atomic mass is 32.1. The first-order chi connectivity index (χ1) is 14.2. The Kier molecular flexibility index (Phi) is 5.39. The van der Waals surface area contributed by atoms with Crippen LogP contribution in [-0.2, 0) is 6.61 Å². The molecule has 0 aliphatic carbocycles. The smallest absolute Gasteiger partial charge is 0.282 e. The molecule has 2 aromatic heterocycles. The number of aryl methyl sites for hydroxylation is 1. The first kappa shape index (κ1) is 18.9. The third-order valence-corrected chi connectivity index (χ3v) is 5.23. The van der Waals surface area contributed by atoms with Gasteiger partial charge >= 0.3 is 0 Å². The normalized spacial score (nSPS) is 11.2. The molecule has 2 heterocycles. The third kappa shape index (κ3) is 4.05. The van der Waals surface area contributed by atoms with E-state index in [2.05, 4.69) is 10.1 Å². The Morgan fingerprint density at radius 1 is 1.14 bits per heavy atom. The topological polar surface area (TPSA) is 65.7 Å². The van der Waals surface area contributed by atoms with Gasteiger partial charge in [0, 0.05) is 4.88 Å². The van der Waals surface area contributed by atoms with Crippen molar-refractivity contribution in [2.75, 3.05) is 7.11 Å². The molecule has 0 saturated carbocycles. The van der Waals surface area contributed by atoms with Gasteiger partial charge in [-0.25, -0.2) is 4.98 Å². The Bertz CT molecular complexity index is 1230. The summed E-state index contributed by atoms with van der Waals surface area (Å²) < 4.78 is 12.6. The molecule has 7 heteroatoms. The summed E-state index contributed by atoms with van der Waals surface area (Å²) >= 11 is 1.64. The zero-order valence-electron chi connectivity index (χ0n) is 16.0. The van der Waals surface area contributed by atoms with Gasteiger partial charge in [-0.2, -0.15) is 9.78 Å². The molecule has 0 bridgehead atoms. The van der Waals surface area contributed by atoms with Crippen LogP contribution in [0.5, 0.6) is 11.5 Å². The Morgan fingerprint density at radius 3 is 2.79 bits per heavy atom. The summed E-state index contributed by atoms with van der Waals surface area (Å²) in [5.74, 6) is 1.78. The van der Waals surface area contributed by atoms with E-state index >= 15 is 0 Å². The van der Waals surface area contributed by atoms with E-state index in [0.29, 0.717) is 34.8 Å². The largest absolute Gasteiger partial charge is 0.493 e. The van der Waals surface area contributed by atoms with Gasteiger partial charge in [-0.3, -0.25) is 4.79 Å². The summed E-state index contributed by atoms with van der Waals surface area (Å²) in [4.78, 5) is 18.3. The zero-order chi connectivity index (χ0) is 20.2. The van der Waals surface area contributed by atoms with Crippen molar-refractivity contribution in [1.29, 1.82) is 0 Å². The number of benzene rings is 2. The molecule has 29 heavy (non-hydrogen) atoms. The minimum Gasteiger partial charge on any atom is -0.493 e. The van der Waals surface area contributed by atoms with Gasteiger partial charge in [-0.05, 0) is 54.3 Å². The average Bonchev–Trinajstić information content (AvgIpc) is 3.26. The zero-order valence-corrected chi connectivity index (χ0v) is 16.8. The fourth-order valence-electron chi connectivity index (χ4n) is 2.92. The molecule has 4 aromatic rings. The van der Waals surface area contributed by atoms with Crippen LogP contribution in [-0.4, -0.2) is 23.0 Å². The number of fused-ring (bicyclic) bond motifs is 1. The van der Waals surface area contributed by atoms with Crippen molar-refractivity contribution in [3.63, 3.8) is 0 Å². The molecule has 0 aliphatic rings. The van der Waals surface area contributed by atoms with Crippen molar-refractivity contribution in [1.82, 2.24) is 9.66 Å². The summed E-state index contributed by atoms with van der Waals surface area (Å²) in [6.45, 7) is 2.24. The van der Waals surface area contributed by atoms with Crippen molar-refractivity contribution in [2.24, 2.45) is 5.10 Å². The van der Waals surface area contributed by atoms with Crippen LogP contribution in [0.15, 0.2) is 69.9 Å². The Balaban J connectivity index is 1.60. The maximum absolute atomic E-state index is 12.7. The van der Waals surface area contributed by atoms with E-state index in [1.165, 1.54) is 4.68 Å². The molecule has 146 valence electrons. The van der Waals surface area contributed by atoms with Gasteiger partial charge in [-0.15, -0.1) is 11.3 Å². The lowest BCUT2D eigenvalue weighted by Crippen LogP contribution is -2.20. The number of aromatic nitrogens is 2. The van der Waals surface area contributed by atoms with Gasteiger partial charge in [0.1, 0.15) is 12.4 Å². The molecule has 2 aromatic carbocycles. The lowest BCUT2D eigenvalue weighted by molar-refractivity contribution is 0.287. The lowest BCUT2D eigenvalue weighted by Gasteiger charge is -2.10. The molecule has 0 amide bonds. The fourth-order valence-corrected chi connectivity index (χ4v) is 3.54. The first-order valence-electron chi connectivity index (χ1n) is 9.01.